The number of carbonyl (C=O) groups is 2. The lowest BCUT2D eigenvalue weighted by molar-refractivity contribution is 0.0927. The van der Waals surface area contributed by atoms with Gasteiger partial charge in [-0.05, 0) is 19.1 Å². The van der Waals surface area contributed by atoms with Crippen LogP contribution in [-0.4, -0.2) is 53.0 Å². The van der Waals surface area contributed by atoms with E-state index in [9.17, 15) is 9.59 Å². The summed E-state index contributed by atoms with van der Waals surface area (Å²) in [6, 6.07) is 2.96. The molecule has 0 atom stereocenters. The quantitative estimate of drug-likeness (QED) is 0.780. The third kappa shape index (κ3) is 3.45. The lowest BCUT2D eigenvalue weighted by Gasteiger charge is -2.34. The van der Waals surface area contributed by atoms with Crippen LogP contribution in [0.15, 0.2) is 35.2 Å². The van der Waals surface area contributed by atoms with E-state index in [0.717, 1.165) is 0 Å². The lowest BCUT2D eigenvalue weighted by Crippen LogP contribution is -2.55. The van der Waals surface area contributed by atoms with Crippen molar-refractivity contribution in [1.29, 1.82) is 0 Å². The summed E-state index contributed by atoms with van der Waals surface area (Å²) in [4.78, 5) is 36.1. The molecule has 0 aromatic carbocycles. The van der Waals surface area contributed by atoms with Gasteiger partial charge in [-0.2, -0.15) is 0 Å². The molecule has 0 spiro atoms. The number of rotatable bonds is 2. The Morgan fingerprint density at radius 2 is 1.83 bits per heavy atom. The van der Waals surface area contributed by atoms with E-state index >= 15 is 0 Å². The van der Waals surface area contributed by atoms with Gasteiger partial charge in [-0.3, -0.25) is 10.2 Å². The third-order valence-electron chi connectivity index (χ3n) is 3.79. The molecule has 126 valence electrons. The van der Waals surface area contributed by atoms with Gasteiger partial charge >= 0.3 is 6.03 Å². The number of nitrogens with zero attached hydrogens (tertiary/aromatic N) is 4. The van der Waals surface area contributed by atoms with Crippen molar-refractivity contribution in [3.8, 4) is 0 Å². The Bertz CT molecular complexity index is 709. The molecule has 2 aromatic rings. The fourth-order valence-corrected chi connectivity index (χ4v) is 2.44. The van der Waals surface area contributed by atoms with Gasteiger partial charge in [-0.25, -0.2) is 20.2 Å². The van der Waals surface area contributed by atoms with Crippen LogP contribution in [0.2, 0.25) is 0 Å². The van der Waals surface area contributed by atoms with Crippen LogP contribution in [0.5, 0.6) is 0 Å². The Morgan fingerprint density at radius 3 is 2.46 bits per heavy atom. The van der Waals surface area contributed by atoms with Crippen molar-refractivity contribution in [1.82, 2.24) is 25.7 Å². The zero-order valence-electron chi connectivity index (χ0n) is 13.2. The van der Waals surface area contributed by atoms with Crippen molar-refractivity contribution >= 4 is 17.9 Å². The number of carbonyl (C=O) groups excluding carboxylic acids is 2. The van der Waals surface area contributed by atoms with E-state index in [1.807, 2.05) is 4.90 Å². The minimum Gasteiger partial charge on any atom is -0.469 e. The minimum atomic E-state index is -0.411. The molecule has 3 amide bonds. The summed E-state index contributed by atoms with van der Waals surface area (Å²) >= 11 is 0. The maximum atomic E-state index is 12.1. The van der Waals surface area contributed by atoms with Crippen LogP contribution in [0, 0.1) is 6.92 Å². The van der Waals surface area contributed by atoms with Crippen molar-refractivity contribution < 1.29 is 14.0 Å². The van der Waals surface area contributed by atoms with Gasteiger partial charge in [0.2, 0.25) is 5.95 Å². The van der Waals surface area contributed by atoms with Gasteiger partial charge in [0.1, 0.15) is 5.76 Å². The zero-order valence-corrected chi connectivity index (χ0v) is 13.2. The minimum absolute atomic E-state index is 0.349. The fraction of sp³-hybridized carbons (Fsp3) is 0.333. The molecule has 2 aromatic heterocycles. The highest BCUT2D eigenvalue weighted by Crippen LogP contribution is 2.10. The molecule has 1 saturated heterocycles. The normalized spacial score (nSPS) is 14.4. The first-order chi connectivity index (χ1) is 11.6. The van der Waals surface area contributed by atoms with Gasteiger partial charge in [-0.15, -0.1) is 0 Å². The number of furan rings is 1. The molecule has 0 radical (unpaired) electrons. The van der Waals surface area contributed by atoms with Crippen LogP contribution >= 0.6 is 0 Å². The van der Waals surface area contributed by atoms with E-state index in [0.29, 0.717) is 43.5 Å². The number of piperazine rings is 1. The third-order valence-corrected chi connectivity index (χ3v) is 3.79. The number of hydrazine groups is 1. The first-order valence-electron chi connectivity index (χ1n) is 7.56. The Kier molecular flexibility index (Phi) is 4.59. The average Bonchev–Trinajstić information content (AvgIpc) is 3.06. The van der Waals surface area contributed by atoms with Gasteiger partial charge < -0.3 is 14.2 Å². The van der Waals surface area contributed by atoms with Gasteiger partial charge in [-0.1, -0.05) is 0 Å². The SMILES string of the molecule is Cc1occc1C(=O)NNC(=O)N1CCN(c2ncccn2)CC1. The summed E-state index contributed by atoms with van der Waals surface area (Å²) in [6.45, 7) is 3.98. The second-order valence-electron chi connectivity index (χ2n) is 5.30. The van der Waals surface area contributed by atoms with Crippen LogP contribution in [0.4, 0.5) is 10.7 Å². The summed E-state index contributed by atoms with van der Waals surface area (Å²) in [6.07, 6.45) is 4.81. The van der Waals surface area contributed by atoms with E-state index in [1.54, 1.807) is 36.4 Å². The van der Waals surface area contributed by atoms with Gasteiger partial charge in [0.15, 0.2) is 0 Å². The standard InChI is InChI=1S/C15H18N6O3/c1-11-12(3-10-24-11)13(22)18-19-15(23)21-8-6-20(7-9-21)14-16-4-2-5-17-14/h2-5,10H,6-9H2,1H3,(H,18,22)(H,19,23). The number of aryl methyl sites for hydroxylation is 1. The second kappa shape index (κ2) is 6.99. The van der Waals surface area contributed by atoms with E-state index in [2.05, 4.69) is 20.8 Å². The van der Waals surface area contributed by atoms with E-state index < -0.39 is 5.91 Å². The lowest BCUT2D eigenvalue weighted by atomic mass is 10.2. The van der Waals surface area contributed by atoms with Crippen molar-refractivity contribution in [3.63, 3.8) is 0 Å². The van der Waals surface area contributed by atoms with Crippen LogP contribution in [0.1, 0.15) is 16.1 Å². The predicted octanol–water partition coefficient (Wildman–Crippen LogP) is 0.555. The molecule has 0 bridgehead atoms. The maximum Gasteiger partial charge on any atom is 0.336 e. The first-order valence-corrected chi connectivity index (χ1v) is 7.56. The maximum absolute atomic E-state index is 12.1. The summed E-state index contributed by atoms with van der Waals surface area (Å²) in [7, 11) is 0. The van der Waals surface area contributed by atoms with Crippen molar-refractivity contribution in [2.24, 2.45) is 0 Å². The van der Waals surface area contributed by atoms with E-state index in [1.165, 1.54) is 6.26 Å². The number of amides is 3. The average molecular weight is 330 g/mol. The van der Waals surface area contributed by atoms with Crippen molar-refractivity contribution in [2.75, 3.05) is 31.1 Å². The molecule has 9 nitrogen and oxygen atoms in total. The van der Waals surface area contributed by atoms with Crippen molar-refractivity contribution in [3.05, 3.63) is 42.1 Å². The Balaban J connectivity index is 1.47. The smallest absolute Gasteiger partial charge is 0.336 e. The highest BCUT2D eigenvalue weighted by Gasteiger charge is 2.23. The monoisotopic (exact) mass is 330 g/mol. The van der Waals surface area contributed by atoms with Crippen LogP contribution < -0.4 is 15.8 Å². The number of hydrogen-bond acceptors (Lipinski definition) is 6. The molecule has 1 aliphatic rings. The van der Waals surface area contributed by atoms with Crippen LogP contribution in [-0.2, 0) is 0 Å². The topological polar surface area (TPSA) is 104 Å². The van der Waals surface area contributed by atoms with E-state index in [-0.39, 0.29) is 6.03 Å². The molecule has 1 fully saturated rings. The summed E-state index contributed by atoms with van der Waals surface area (Å²) in [5.74, 6) is 0.741. The number of anilines is 1. The molecule has 3 heterocycles. The molecule has 0 saturated carbocycles. The number of aromatic nitrogens is 2. The van der Waals surface area contributed by atoms with Crippen LogP contribution in [0.3, 0.4) is 0 Å². The zero-order chi connectivity index (χ0) is 16.9. The van der Waals surface area contributed by atoms with Gasteiger partial charge in [0, 0.05) is 38.6 Å². The first kappa shape index (κ1) is 15.8. The highest BCUT2D eigenvalue weighted by molar-refractivity contribution is 5.96. The van der Waals surface area contributed by atoms with Crippen LogP contribution in [0.25, 0.3) is 0 Å². The second-order valence-corrected chi connectivity index (χ2v) is 5.30. The van der Waals surface area contributed by atoms with Crippen molar-refractivity contribution in [2.45, 2.75) is 6.92 Å². The molecule has 0 aliphatic carbocycles. The molecular formula is C15H18N6O3. The molecule has 0 unspecified atom stereocenters. The summed E-state index contributed by atoms with van der Waals surface area (Å²) in [5, 5.41) is 0. The fourth-order valence-electron chi connectivity index (χ4n) is 2.44. The number of urea groups is 1. The van der Waals surface area contributed by atoms with E-state index in [4.69, 9.17) is 4.42 Å². The largest absolute Gasteiger partial charge is 0.469 e. The Morgan fingerprint density at radius 1 is 1.12 bits per heavy atom. The summed E-state index contributed by atoms with van der Waals surface area (Å²) < 4.78 is 5.06. The number of hydrogen-bond donors (Lipinski definition) is 2. The predicted molar refractivity (Wildman–Crippen MR) is 85.3 cm³/mol. The molecule has 9 heteroatoms. The molecule has 2 N–H and O–H groups in total. The Hall–Kier alpha value is -3.10. The molecule has 1 aliphatic heterocycles. The highest BCUT2D eigenvalue weighted by atomic mass is 16.3. The summed E-state index contributed by atoms with van der Waals surface area (Å²) in [5.41, 5.74) is 5.20. The molecular weight excluding hydrogens is 312 g/mol. The molecule has 3 rings (SSSR count). The molecule has 24 heavy (non-hydrogen) atoms. The van der Waals surface area contributed by atoms with Gasteiger partial charge in [0.25, 0.3) is 5.91 Å². The number of nitrogens with one attached hydrogen (secondary N) is 2. The van der Waals surface area contributed by atoms with Gasteiger partial charge in [0.05, 0.1) is 11.8 Å². The Labute approximate surface area is 138 Å².